The van der Waals surface area contributed by atoms with Crippen LogP contribution < -0.4 is 16.0 Å². The Hall–Kier alpha value is -2.05. The number of hydrogen-bond acceptors (Lipinski definition) is 3. The minimum absolute atomic E-state index is 0. The second kappa shape index (κ2) is 8.17. The molecule has 0 spiro atoms. The highest BCUT2D eigenvalue weighted by Crippen LogP contribution is 2.22. The Morgan fingerprint density at radius 1 is 1.33 bits per heavy atom. The molecule has 0 saturated carbocycles. The first-order valence-electron chi connectivity index (χ1n) is 7.98. The number of carbonyl (C=O) groups is 2. The van der Waals surface area contributed by atoms with Crippen molar-refractivity contribution in [2.45, 2.75) is 19.4 Å². The molecule has 6 nitrogen and oxygen atoms in total. The SMILES string of the molecule is CNC(=O)Cn1ccc2ccc(NC(=O)C3CCCNC3)cc21.Cl. The van der Waals surface area contributed by atoms with Crippen LogP contribution >= 0.6 is 12.4 Å². The van der Waals surface area contributed by atoms with Gasteiger partial charge in [-0.15, -0.1) is 12.4 Å². The molecule has 1 aromatic heterocycles. The molecule has 1 saturated heterocycles. The van der Waals surface area contributed by atoms with Crippen molar-refractivity contribution in [1.82, 2.24) is 15.2 Å². The molecule has 0 radical (unpaired) electrons. The number of halogens is 1. The van der Waals surface area contributed by atoms with Gasteiger partial charge < -0.3 is 20.5 Å². The number of nitrogens with zero attached hydrogens (tertiary/aromatic N) is 1. The fourth-order valence-electron chi connectivity index (χ4n) is 2.95. The summed E-state index contributed by atoms with van der Waals surface area (Å²) in [4.78, 5) is 23.9. The molecule has 1 atom stereocenters. The average Bonchev–Trinajstić information content (AvgIpc) is 2.98. The Balaban J connectivity index is 0.00000208. The zero-order valence-electron chi connectivity index (χ0n) is 13.7. The third kappa shape index (κ3) is 4.07. The lowest BCUT2D eigenvalue weighted by molar-refractivity contribution is -0.121. The van der Waals surface area contributed by atoms with Crippen molar-refractivity contribution in [3.63, 3.8) is 0 Å². The van der Waals surface area contributed by atoms with Crippen molar-refractivity contribution >= 4 is 40.8 Å². The quantitative estimate of drug-likeness (QED) is 0.786. The Morgan fingerprint density at radius 3 is 2.88 bits per heavy atom. The number of nitrogens with one attached hydrogen (secondary N) is 3. The first-order chi connectivity index (χ1) is 11.2. The fraction of sp³-hybridized carbons (Fsp3) is 0.412. The van der Waals surface area contributed by atoms with E-state index in [1.54, 1.807) is 7.05 Å². The van der Waals surface area contributed by atoms with Gasteiger partial charge in [0.1, 0.15) is 6.54 Å². The molecule has 1 aliphatic rings. The van der Waals surface area contributed by atoms with E-state index in [0.717, 1.165) is 42.5 Å². The lowest BCUT2D eigenvalue weighted by Crippen LogP contribution is -2.37. The van der Waals surface area contributed by atoms with Gasteiger partial charge >= 0.3 is 0 Å². The fourth-order valence-corrected chi connectivity index (χ4v) is 2.95. The van der Waals surface area contributed by atoms with Gasteiger partial charge in [-0.2, -0.15) is 0 Å². The van der Waals surface area contributed by atoms with Crippen molar-refractivity contribution in [3.05, 3.63) is 30.5 Å². The van der Waals surface area contributed by atoms with E-state index in [1.807, 2.05) is 35.0 Å². The maximum atomic E-state index is 12.3. The summed E-state index contributed by atoms with van der Waals surface area (Å²) in [5, 5.41) is 9.92. The zero-order valence-corrected chi connectivity index (χ0v) is 14.5. The number of likely N-dealkylation sites (N-methyl/N-ethyl adjacent to an activating group) is 1. The van der Waals surface area contributed by atoms with Gasteiger partial charge in [0, 0.05) is 25.5 Å². The molecule has 2 heterocycles. The standard InChI is InChI=1S/C17H22N4O2.ClH/c1-18-16(22)11-21-8-6-12-4-5-14(9-15(12)21)20-17(23)13-3-2-7-19-10-13;/h4-6,8-9,13,19H,2-3,7,10-11H2,1H3,(H,18,22)(H,20,23);1H. The molecule has 24 heavy (non-hydrogen) atoms. The molecule has 3 rings (SSSR count). The highest BCUT2D eigenvalue weighted by molar-refractivity contribution is 5.95. The molecule has 1 aliphatic heterocycles. The van der Waals surface area contributed by atoms with Crippen molar-refractivity contribution in [2.24, 2.45) is 5.92 Å². The van der Waals surface area contributed by atoms with Crippen molar-refractivity contribution in [1.29, 1.82) is 0 Å². The van der Waals surface area contributed by atoms with Crippen LogP contribution in [0.5, 0.6) is 0 Å². The predicted molar refractivity (Wildman–Crippen MR) is 97.5 cm³/mol. The molecule has 2 aromatic rings. The van der Waals surface area contributed by atoms with Gasteiger partial charge in [0.2, 0.25) is 11.8 Å². The Kier molecular flexibility index (Phi) is 6.23. The lowest BCUT2D eigenvalue weighted by Gasteiger charge is -2.21. The number of carbonyl (C=O) groups excluding carboxylic acids is 2. The summed E-state index contributed by atoms with van der Waals surface area (Å²) in [5.74, 6) is 0.0308. The van der Waals surface area contributed by atoms with E-state index >= 15 is 0 Å². The Morgan fingerprint density at radius 2 is 2.17 bits per heavy atom. The summed E-state index contributed by atoms with van der Waals surface area (Å²) in [7, 11) is 1.62. The van der Waals surface area contributed by atoms with Crippen LogP contribution in [0.15, 0.2) is 30.5 Å². The smallest absolute Gasteiger partial charge is 0.239 e. The summed E-state index contributed by atoms with van der Waals surface area (Å²) in [6.45, 7) is 1.99. The van der Waals surface area contributed by atoms with Crippen LogP contribution in [0.4, 0.5) is 5.69 Å². The molecule has 1 aromatic carbocycles. The van der Waals surface area contributed by atoms with E-state index in [-0.39, 0.29) is 36.7 Å². The van der Waals surface area contributed by atoms with Gasteiger partial charge in [-0.3, -0.25) is 9.59 Å². The van der Waals surface area contributed by atoms with Crippen molar-refractivity contribution in [3.8, 4) is 0 Å². The van der Waals surface area contributed by atoms with Crippen molar-refractivity contribution in [2.75, 3.05) is 25.5 Å². The van der Waals surface area contributed by atoms with E-state index < -0.39 is 0 Å². The van der Waals surface area contributed by atoms with Crippen LogP contribution in [0.2, 0.25) is 0 Å². The number of hydrogen-bond donors (Lipinski definition) is 3. The van der Waals surface area contributed by atoms with E-state index in [9.17, 15) is 9.59 Å². The largest absolute Gasteiger partial charge is 0.358 e. The van der Waals surface area contributed by atoms with Crippen LogP contribution in [-0.4, -0.2) is 36.5 Å². The number of piperidine rings is 1. The number of anilines is 1. The molecular weight excluding hydrogens is 328 g/mol. The van der Waals surface area contributed by atoms with E-state index in [1.165, 1.54) is 0 Å². The minimum Gasteiger partial charge on any atom is -0.358 e. The number of rotatable bonds is 4. The summed E-state index contributed by atoms with van der Waals surface area (Å²) >= 11 is 0. The van der Waals surface area contributed by atoms with Crippen molar-refractivity contribution < 1.29 is 9.59 Å². The number of benzene rings is 1. The van der Waals surface area contributed by atoms with Gasteiger partial charge in [0.05, 0.1) is 11.4 Å². The van der Waals surface area contributed by atoms with E-state index in [0.29, 0.717) is 0 Å². The molecule has 7 heteroatoms. The third-order valence-corrected chi connectivity index (χ3v) is 4.30. The summed E-state index contributed by atoms with van der Waals surface area (Å²) < 4.78 is 1.88. The van der Waals surface area contributed by atoms with Crippen LogP contribution in [0.1, 0.15) is 12.8 Å². The van der Waals surface area contributed by atoms with Gasteiger partial charge in [-0.05, 0) is 43.0 Å². The van der Waals surface area contributed by atoms with E-state index in [4.69, 9.17) is 0 Å². The minimum atomic E-state index is -0.0507. The highest BCUT2D eigenvalue weighted by atomic mass is 35.5. The highest BCUT2D eigenvalue weighted by Gasteiger charge is 2.21. The topological polar surface area (TPSA) is 75.2 Å². The predicted octanol–water partition coefficient (Wildman–Crippen LogP) is 1.75. The number of amides is 2. The molecule has 0 bridgehead atoms. The van der Waals surface area contributed by atoms with Crippen LogP contribution in [0.25, 0.3) is 10.9 Å². The number of fused-ring (bicyclic) bond motifs is 1. The first-order valence-corrected chi connectivity index (χ1v) is 7.98. The molecule has 130 valence electrons. The van der Waals surface area contributed by atoms with Gasteiger partial charge in [0.15, 0.2) is 0 Å². The molecule has 2 amide bonds. The van der Waals surface area contributed by atoms with Crippen LogP contribution in [0.3, 0.4) is 0 Å². The lowest BCUT2D eigenvalue weighted by atomic mass is 9.99. The Bertz CT molecular complexity index is 722. The van der Waals surface area contributed by atoms with Gasteiger partial charge in [-0.25, -0.2) is 0 Å². The summed E-state index contributed by atoms with van der Waals surface area (Å²) in [5.41, 5.74) is 1.71. The van der Waals surface area contributed by atoms with Crippen LogP contribution in [-0.2, 0) is 16.1 Å². The normalized spacial score (nSPS) is 17.1. The molecule has 1 unspecified atom stereocenters. The maximum absolute atomic E-state index is 12.3. The molecule has 0 aliphatic carbocycles. The number of aromatic nitrogens is 1. The third-order valence-electron chi connectivity index (χ3n) is 4.30. The second-order valence-corrected chi connectivity index (χ2v) is 5.92. The monoisotopic (exact) mass is 350 g/mol. The first kappa shape index (κ1) is 18.3. The van der Waals surface area contributed by atoms with Crippen LogP contribution in [0, 0.1) is 5.92 Å². The van der Waals surface area contributed by atoms with Gasteiger partial charge in [0.25, 0.3) is 0 Å². The Labute approximate surface area is 147 Å². The molecule has 1 fully saturated rings. The summed E-state index contributed by atoms with van der Waals surface area (Å²) in [6.07, 6.45) is 3.84. The molecule has 3 N–H and O–H groups in total. The zero-order chi connectivity index (χ0) is 16.2. The van der Waals surface area contributed by atoms with Gasteiger partial charge in [-0.1, -0.05) is 6.07 Å². The average molecular weight is 351 g/mol. The van der Waals surface area contributed by atoms with E-state index in [2.05, 4.69) is 16.0 Å². The maximum Gasteiger partial charge on any atom is 0.239 e. The summed E-state index contributed by atoms with van der Waals surface area (Å²) in [6, 6.07) is 7.76. The molecular formula is C17H23ClN4O2. The second-order valence-electron chi connectivity index (χ2n) is 5.92.